The van der Waals surface area contributed by atoms with Gasteiger partial charge in [-0.25, -0.2) is 0 Å². The van der Waals surface area contributed by atoms with Crippen LogP contribution in [-0.4, -0.2) is 23.8 Å². The molecule has 0 aromatic heterocycles. The van der Waals surface area contributed by atoms with Crippen molar-refractivity contribution in [2.24, 2.45) is 5.92 Å². The molecule has 1 aromatic carbocycles. The largest absolute Gasteiger partial charge is 0.493 e. The van der Waals surface area contributed by atoms with Crippen LogP contribution in [0.25, 0.3) is 0 Å². The van der Waals surface area contributed by atoms with E-state index in [4.69, 9.17) is 4.74 Å². The SMILES string of the molecule is CC(=O)SCC([C]=O)Cc1ccc2c(c1)CCO2. The van der Waals surface area contributed by atoms with E-state index in [0.717, 1.165) is 24.3 Å². The van der Waals surface area contributed by atoms with Gasteiger partial charge in [0.05, 0.1) is 6.61 Å². The zero-order valence-corrected chi connectivity index (χ0v) is 11.1. The van der Waals surface area contributed by atoms with Gasteiger partial charge in [-0.15, -0.1) is 0 Å². The van der Waals surface area contributed by atoms with Crippen LogP contribution in [0.3, 0.4) is 0 Å². The van der Waals surface area contributed by atoms with E-state index in [9.17, 15) is 9.59 Å². The van der Waals surface area contributed by atoms with Gasteiger partial charge in [0.25, 0.3) is 0 Å². The molecule has 95 valence electrons. The van der Waals surface area contributed by atoms with Gasteiger partial charge >= 0.3 is 0 Å². The fourth-order valence-corrected chi connectivity index (χ4v) is 2.63. The van der Waals surface area contributed by atoms with Crippen LogP contribution in [0.4, 0.5) is 0 Å². The third kappa shape index (κ3) is 3.35. The van der Waals surface area contributed by atoms with Crippen molar-refractivity contribution in [3.8, 4) is 5.75 Å². The van der Waals surface area contributed by atoms with Gasteiger partial charge in [-0.05, 0) is 23.6 Å². The second-order valence-corrected chi connectivity index (χ2v) is 5.56. The average Bonchev–Trinajstić information content (AvgIpc) is 2.81. The Morgan fingerprint density at radius 3 is 3.11 bits per heavy atom. The van der Waals surface area contributed by atoms with Crippen LogP contribution in [0.1, 0.15) is 18.1 Å². The summed E-state index contributed by atoms with van der Waals surface area (Å²) in [6.45, 7) is 2.25. The van der Waals surface area contributed by atoms with E-state index in [1.165, 1.54) is 24.2 Å². The Kier molecular flexibility index (Phi) is 4.42. The summed E-state index contributed by atoms with van der Waals surface area (Å²) < 4.78 is 5.44. The Hall–Kier alpha value is -1.29. The molecule has 4 heteroatoms. The molecule has 1 heterocycles. The molecule has 0 saturated carbocycles. The van der Waals surface area contributed by atoms with Crippen LogP contribution in [0.5, 0.6) is 5.75 Å². The van der Waals surface area contributed by atoms with Crippen LogP contribution in [-0.2, 0) is 22.4 Å². The van der Waals surface area contributed by atoms with Crippen molar-refractivity contribution >= 4 is 23.2 Å². The number of hydrogen-bond donors (Lipinski definition) is 0. The first kappa shape index (κ1) is 13.1. The van der Waals surface area contributed by atoms with Crippen molar-refractivity contribution in [3.63, 3.8) is 0 Å². The summed E-state index contributed by atoms with van der Waals surface area (Å²) in [6.07, 6.45) is 3.59. The topological polar surface area (TPSA) is 43.4 Å². The van der Waals surface area contributed by atoms with Crippen molar-refractivity contribution in [2.75, 3.05) is 12.4 Å². The van der Waals surface area contributed by atoms with Gasteiger partial charge in [-0.1, -0.05) is 23.9 Å². The molecule has 0 aliphatic carbocycles. The normalized spacial score (nSPS) is 14.7. The molecule has 1 unspecified atom stereocenters. The minimum Gasteiger partial charge on any atom is -0.493 e. The third-order valence-corrected chi connectivity index (χ3v) is 3.87. The summed E-state index contributed by atoms with van der Waals surface area (Å²) in [6, 6.07) is 6.02. The zero-order valence-electron chi connectivity index (χ0n) is 10.3. The molecule has 0 amide bonds. The summed E-state index contributed by atoms with van der Waals surface area (Å²) in [5.41, 5.74) is 2.31. The first-order valence-corrected chi connectivity index (χ1v) is 6.93. The lowest BCUT2D eigenvalue weighted by Gasteiger charge is -2.09. The van der Waals surface area contributed by atoms with Crippen molar-refractivity contribution < 1.29 is 14.3 Å². The minimum absolute atomic E-state index is 0.0394. The van der Waals surface area contributed by atoms with E-state index in [0.29, 0.717) is 12.2 Å². The summed E-state index contributed by atoms with van der Waals surface area (Å²) in [7, 11) is 0. The molecule has 0 bridgehead atoms. The highest BCUT2D eigenvalue weighted by atomic mass is 32.2. The standard InChI is InChI=1S/C14H15O3S/c1-10(16)18-9-12(8-15)6-11-2-3-14-13(7-11)4-5-17-14/h2-3,7,12H,4-6,9H2,1H3. The van der Waals surface area contributed by atoms with Gasteiger partial charge in [-0.2, -0.15) is 0 Å². The highest BCUT2D eigenvalue weighted by Crippen LogP contribution is 2.27. The van der Waals surface area contributed by atoms with E-state index in [2.05, 4.69) is 6.07 Å². The summed E-state index contributed by atoms with van der Waals surface area (Å²) >= 11 is 1.18. The Bertz CT molecular complexity index is 456. The fourth-order valence-electron chi connectivity index (χ4n) is 2.00. The Labute approximate surface area is 111 Å². The molecular formula is C14H15O3S. The number of carbonyl (C=O) groups is 1. The lowest BCUT2D eigenvalue weighted by molar-refractivity contribution is -0.109. The molecule has 1 radical (unpaired) electrons. The summed E-state index contributed by atoms with van der Waals surface area (Å²) in [4.78, 5) is 21.8. The van der Waals surface area contributed by atoms with Gasteiger partial charge in [0.15, 0.2) is 5.12 Å². The molecule has 18 heavy (non-hydrogen) atoms. The summed E-state index contributed by atoms with van der Waals surface area (Å²) in [5, 5.41) is 0.0394. The predicted molar refractivity (Wildman–Crippen MR) is 71.7 cm³/mol. The molecule has 0 fully saturated rings. The minimum atomic E-state index is -0.223. The van der Waals surface area contributed by atoms with E-state index >= 15 is 0 Å². The van der Waals surface area contributed by atoms with Crippen LogP contribution in [0.2, 0.25) is 0 Å². The number of benzene rings is 1. The van der Waals surface area contributed by atoms with E-state index in [1.54, 1.807) is 0 Å². The Morgan fingerprint density at radius 2 is 2.39 bits per heavy atom. The fraction of sp³-hybridized carbons (Fsp3) is 0.429. The zero-order chi connectivity index (χ0) is 13.0. The van der Waals surface area contributed by atoms with Crippen LogP contribution >= 0.6 is 11.8 Å². The molecule has 0 spiro atoms. The Balaban J connectivity index is 1.98. The number of fused-ring (bicyclic) bond motifs is 1. The van der Waals surface area contributed by atoms with E-state index in [-0.39, 0.29) is 11.0 Å². The highest BCUT2D eigenvalue weighted by molar-refractivity contribution is 8.13. The number of hydrogen-bond acceptors (Lipinski definition) is 4. The molecule has 3 nitrogen and oxygen atoms in total. The van der Waals surface area contributed by atoms with Gasteiger partial charge in [0.2, 0.25) is 6.29 Å². The van der Waals surface area contributed by atoms with E-state index in [1.807, 2.05) is 18.4 Å². The molecule has 1 aromatic rings. The maximum absolute atomic E-state index is 10.9. The van der Waals surface area contributed by atoms with Gasteiger partial charge in [-0.3, -0.25) is 9.59 Å². The smallest absolute Gasteiger partial charge is 0.202 e. The molecule has 1 aliphatic rings. The van der Waals surface area contributed by atoms with Crippen LogP contribution in [0.15, 0.2) is 18.2 Å². The lowest BCUT2D eigenvalue weighted by Crippen LogP contribution is -2.10. The monoisotopic (exact) mass is 263 g/mol. The van der Waals surface area contributed by atoms with Crippen molar-refractivity contribution in [3.05, 3.63) is 29.3 Å². The second kappa shape index (κ2) is 6.05. The van der Waals surface area contributed by atoms with E-state index < -0.39 is 0 Å². The molecule has 0 saturated heterocycles. The number of thioether (sulfide) groups is 1. The summed E-state index contributed by atoms with van der Waals surface area (Å²) in [5.74, 6) is 1.23. The number of carbonyl (C=O) groups excluding carboxylic acids is 2. The maximum atomic E-state index is 10.9. The van der Waals surface area contributed by atoms with Crippen molar-refractivity contribution in [1.82, 2.24) is 0 Å². The quantitative estimate of drug-likeness (QED) is 0.816. The molecule has 2 rings (SSSR count). The van der Waals surface area contributed by atoms with Crippen molar-refractivity contribution in [2.45, 2.75) is 19.8 Å². The van der Waals surface area contributed by atoms with Gasteiger partial charge in [0.1, 0.15) is 5.75 Å². The second-order valence-electron chi connectivity index (χ2n) is 4.36. The van der Waals surface area contributed by atoms with Gasteiger partial charge < -0.3 is 4.74 Å². The first-order valence-electron chi connectivity index (χ1n) is 5.94. The van der Waals surface area contributed by atoms with Crippen molar-refractivity contribution in [1.29, 1.82) is 0 Å². The highest BCUT2D eigenvalue weighted by Gasteiger charge is 2.15. The first-order chi connectivity index (χ1) is 8.69. The molecule has 1 aliphatic heterocycles. The predicted octanol–water partition coefficient (Wildman–Crippen LogP) is 2.17. The van der Waals surface area contributed by atoms with Crippen LogP contribution < -0.4 is 4.74 Å². The average molecular weight is 263 g/mol. The van der Waals surface area contributed by atoms with Gasteiger partial charge in [0, 0.05) is 25.0 Å². The molecule has 0 N–H and O–H groups in total. The number of ether oxygens (including phenoxy) is 1. The molecule has 1 atom stereocenters. The maximum Gasteiger partial charge on any atom is 0.202 e. The molecular weight excluding hydrogens is 248 g/mol. The van der Waals surface area contributed by atoms with Crippen LogP contribution in [0, 0.1) is 5.92 Å². The lowest BCUT2D eigenvalue weighted by atomic mass is 10.00. The number of rotatable bonds is 5. The third-order valence-electron chi connectivity index (χ3n) is 2.89. The Morgan fingerprint density at radius 1 is 1.56 bits per heavy atom.